The SMILES string of the molecule is CCCCCCCC/C=C/C/C=C/CCCCC(=O)OC[C@H](CO[C@H]1O[C@H](CS(=O)(=O)O)[C@@H](O)C(O)C1O)OC(=O)CCCCCCCCCCCCCCCCCCCCCCC. The summed E-state index contributed by atoms with van der Waals surface area (Å²) in [6, 6.07) is 0. The van der Waals surface area contributed by atoms with Gasteiger partial charge in [-0.3, -0.25) is 14.1 Å². The minimum Gasteiger partial charge on any atom is -0.462 e. The van der Waals surface area contributed by atoms with E-state index in [1.807, 2.05) is 0 Å². The van der Waals surface area contributed by atoms with Crippen molar-refractivity contribution in [1.29, 1.82) is 0 Å². The van der Waals surface area contributed by atoms with Crippen LogP contribution in [0.1, 0.15) is 232 Å². The van der Waals surface area contributed by atoms with Crippen LogP contribution in [0.4, 0.5) is 0 Å². The Balaban J connectivity index is 2.37. The van der Waals surface area contributed by atoms with E-state index >= 15 is 0 Å². The van der Waals surface area contributed by atoms with E-state index in [-0.39, 0.29) is 19.4 Å². The van der Waals surface area contributed by atoms with Gasteiger partial charge < -0.3 is 34.3 Å². The lowest BCUT2D eigenvalue weighted by atomic mass is 10.00. The first-order chi connectivity index (χ1) is 31.0. The summed E-state index contributed by atoms with van der Waals surface area (Å²) in [4.78, 5) is 25.5. The summed E-state index contributed by atoms with van der Waals surface area (Å²) >= 11 is 0. The summed E-state index contributed by atoms with van der Waals surface area (Å²) in [6.07, 6.45) is 38.0. The lowest BCUT2D eigenvalue weighted by molar-refractivity contribution is -0.297. The molecule has 0 saturated carbocycles. The van der Waals surface area contributed by atoms with Gasteiger partial charge in [0.05, 0.1) is 6.61 Å². The maximum absolute atomic E-state index is 12.9. The summed E-state index contributed by atoms with van der Waals surface area (Å²) in [7, 11) is -4.61. The molecular weight excluding hydrogens is 837 g/mol. The molecule has 0 aromatic carbocycles. The monoisotopic (exact) mass is 931 g/mol. The van der Waals surface area contributed by atoms with Crippen molar-refractivity contribution in [2.75, 3.05) is 19.0 Å². The van der Waals surface area contributed by atoms with Crippen LogP contribution in [0.5, 0.6) is 0 Å². The molecule has 1 fully saturated rings. The molecule has 1 rings (SSSR count). The maximum Gasteiger partial charge on any atom is 0.306 e. The molecule has 2 unspecified atom stereocenters. The predicted molar refractivity (Wildman–Crippen MR) is 256 cm³/mol. The lowest BCUT2D eigenvalue weighted by Gasteiger charge is -2.40. The average molecular weight is 931 g/mol. The Bertz CT molecular complexity index is 1270. The van der Waals surface area contributed by atoms with E-state index < -0.39 is 71.2 Å². The number of carbonyl (C=O) groups is 2. The molecule has 0 aromatic rings. The standard InChI is InChI=1S/C51H94O12S/c1-3-5-7-9-11-13-15-17-19-20-21-22-23-24-26-28-30-32-34-36-38-40-47(53)62-44(42-61-51-50(56)49(55)48(54)45(63-51)43-64(57,58)59)41-60-46(52)39-37-35-33-31-29-27-25-18-16-14-12-10-8-6-4-2/h18,25,29,31,44-45,48-51,54-56H,3-17,19-24,26-28,30,32-43H2,1-2H3,(H,57,58,59)/b25-18+,31-29+/t44-,45-,48-,49?,50?,51+/m1/s1. The normalized spacial score (nSPS) is 19.8. The fourth-order valence-electron chi connectivity index (χ4n) is 8.00. The molecule has 1 aliphatic rings. The van der Waals surface area contributed by atoms with E-state index in [2.05, 4.69) is 38.2 Å². The van der Waals surface area contributed by atoms with Crippen LogP contribution in [0, 0.1) is 0 Å². The molecule has 6 atom stereocenters. The van der Waals surface area contributed by atoms with Crippen molar-refractivity contribution < 1.29 is 56.8 Å². The van der Waals surface area contributed by atoms with Gasteiger partial charge in [-0.1, -0.05) is 199 Å². The van der Waals surface area contributed by atoms with Crippen molar-refractivity contribution in [1.82, 2.24) is 0 Å². The molecule has 0 bridgehead atoms. The van der Waals surface area contributed by atoms with Gasteiger partial charge in [0.1, 0.15) is 36.8 Å². The maximum atomic E-state index is 12.9. The molecule has 1 aliphatic heterocycles. The Kier molecular flexibility index (Phi) is 38.8. The van der Waals surface area contributed by atoms with E-state index in [0.29, 0.717) is 12.8 Å². The molecule has 0 aliphatic carbocycles. The molecule has 4 N–H and O–H groups in total. The van der Waals surface area contributed by atoms with Crippen LogP contribution in [0.15, 0.2) is 24.3 Å². The first kappa shape index (κ1) is 60.1. The molecule has 376 valence electrons. The molecule has 13 heteroatoms. The van der Waals surface area contributed by atoms with Crippen LogP contribution in [0.2, 0.25) is 0 Å². The van der Waals surface area contributed by atoms with Crippen LogP contribution in [0.25, 0.3) is 0 Å². The van der Waals surface area contributed by atoms with Gasteiger partial charge >= 0.3 is 11.9 Å². The summed E-state index contributed by atoms with van der Waals surface area (Å²) < 4.78 is 54.2. The Labute approximate surface area is 389 Å². The quantitative estimate of drug-likeness (QED) is 0.0196. The minimum atomic E-state index is -4.61. The van der Waals surface area contributed by atoms with Crippen molar-refractivity contribution in [3.8, 4) is 0 Å². The fraction of sp³-hybridized carbons (Fsp3) is 0.882. The van der Waals surface area contributed by atoms with Crippen LogP contribution in [-0.4, -0.2) is 96.0 Å². The number of carbonyl (C=O) groups excluding carboxylic acids is 2. The highest BCUT2D eigenvalue weighted by Gasteiger charge is 2.46. The number of aliphatic hydroxyl groups excluding tert-OH is 3. The van der Waals surface area contributed by atoms with Gasteiger partial charge in [-0.05, 0) is 44.9 Å². The van der Waals surface area contributed by atoms with Gasteiger partial charge in [-0.15, -0.1) is 0 Å². The third-order valence-electron chi connectivity index (χ3n) is 12.0. The van der Waals surface area contributed by atoms with Gasteiger partial charge in [0.2, 0.25) is 0 Å². The number of esters is 2. The second-order valence-electron chi connectivity index (χ2n) is 18.2. The van der Waals surface area contributed by atoms with E-state index in [0.717, 1.165) is 44.9 Å². The largest absolute Gasteiger partial charge is 0.462 e. The van der Waals surface area contributed by atoms with Gasteiger partial charge in [0.15, 0.2) is 12.4 Å². The highest BCUT2D eigenvalue weighted by molar-refractivity contribution is 7.85. The zero-order chi connectivity index (χ0) is 46.9. The minimum absolute atomic E-state index is 0.163. The molecule has 0 spiro atoms. The van der Waals surface area contributed by atoms with E-state index in [1.165, 1.54) is 148 Å². The molecule has 12 nitrogen and oxygen atoms in total. The average Bonchev–Trinajstić information content (AvgIpc) is 3.26. The predicted octanol–water partition coefficient (Wildman–Crippen LogP) is 11.6. The number of unbranched alkanes of at least 4 members (excludes halogenated alkanes) is 28. The number of hydrogen-bond acceptors (Lipinski definition) is 11. The van der Waals surface area contributed by atoms with Crippen LogP contribution in [0.3, 0.4) is 0 Å². The first-order valence-corrected chi connectivity index (χ1v) is 27.5. The summed E-state index contributed by atoms with van der Waals surface area (Å²) in [5, 5.41) is 31.0. The van der Waals surface area contributed by atoms with Crippen molar-refractivity contribution in [3.63, 3.8) is 0 Å². The van der Waals surface area contributed by atoms with E-state index in [9.17, 15) is 37.9 Å². The van der Waals surface area contributed by atoms with Crippen molar-refractivity contribution in [3.05, 3.63) is 24.3 Å². The van der Waals surface area contributed by atoms with Gasteiger partial charge in [0.25, 0.3) is 10.1 Å². The number of allylic oxidation sites excluding steroid dienone is 4. The van der Waals surface area contributed by atoms with Crippen LogP contribution < -0.4 is 0 Å². The fourth-order valence-corrected chi connectivity index (χ4v) is 8.69. The molecule has 64 heavy (non-hydrogen) atoms. The third-order valence-corrected chi connectivity index (χ3v) is 12.8. The second-order valence-corrected chi connectivity index (χ2v) is 19.7. The van der Waals surface area contributed by atoms with Crippen molar-refractivity contribution in [2.24, 2.45) is 0 Å². The van der Waals surface area contributed by atoms with Crippen molar-refractivity contribution in [2.45, 2.75) is 269 Å². The van der Waals surface area contributed by atoms with Gasteiger partial charge in [0, 0.05) is 12.8 Å². The Morgan fingerprint density at radius 1 is 0.531 bits per heavy atom. The number of rotatable bonds is 44. The molecule has 0 aromatic heterocycles. The Hall–Kier alpha value is -1.87. The Morgan fingerprint density at radius 2 is 0.938 bits per heavy atom. The smallest absolute Gasteiger partial charge is 0.306 e. The Morgan fingerprint density at radius 3 is 1.41 bits per heavy atom. The first-order valence-electron chi connectivity index (χ1n) is 25.9. The zero-order valence-corrected chi connectivity index (χ0v) is 41.2. The van der Waals surface area contributed by atoms with E-state index in [1.54, 1.807) is 0 Å². The third kappa shape index (κ3) is 35.3. The molecule has 1 heterocycles. The number of ether oxygens (including phenoxy) is 4. The van der Waals surface area contributed by atoms with E-state index in [4.69, 9.17) is 18.9 Å². The number of hydrogen-bond donors (Lipinski definition) is 4. The lowest BCUT2D eigenvalue weighted by Crippen LogP contribution is -2.60. The molecule has 0 amide bonds. The topological polar surface area (TPSA) is 186 Å². The van der Waals surface area contributed by atoms with Crippen LogP contribution >= 0.6 is 0 Å². The molecular formula is C51H94O12S. The van der Waals surface area contributed by atoms with Crippen molar-refractivity contribution >= 4 is 22.1 Å². The summed E-state index contributed by atoms with van der Waals surface area (Å²) in [5.74, 6) is -2.01. The molecule has 1 saturated heterocycles. The highest BCUT2D eigenvalue weighted by atomic mass is 32.2. The highest BCUT2D eigenvalue weighted by Crippen LogP contribution is 2.24. The second kappa shape index (κ2) is 41.3. The van der Waals surface area contributed by atoms with Gasteiger partial charge in [-0.25, -0.2) is 0 Å². The number of aliphatic hydroxyl groups is 3. The summed E-state index contributed by atoms with van der Waals surface area (Å²) in [5.41, 5.74) is 0. The molecule has 0 radical (unpaired) electrons. The summed E-state index contributed by atoms with van der Waals surface area (Å²) in [6.45, 7) is 3.76. The van der Waals surface area contributed by atoms with Crippen LogP contribution in [-0.2, 0) is 38.7 Å². The zero-order valence-electron chi connectivity index (χ0n) is 40.4. The van der Waals surface area contributed by atoms with Gasteiger partial charge in [-0.2, -0.15) is 8.42 Å².